The zero-order chi connectivity index (χ0) is 21.1. The van der Waals surface area contributed by atoms with Crippen LogP contribution < -0.4 is 9.47 Å². The standard InChI is InChI=1S/C24H25NO5/c1-3-25(16(2)22-15-18-6-4-5-7-20(18)30-22)24(27)11-9-19(26)17-8-10-21-23(14-17)29-13-12-28-21/h4-8,10,14-16H,3,9,11-13H2,1-2H3. The smallest absolute Gasteiger partial charge is 0.223 e. The maximum Gasteiger partial charge on any atom is 0.223 e. The number of furan rings is 1. The number of carbonyl (C=O) groups is 2. The molecule has 0 saturated carbocycles. The topological polar surface area (TPSA) is 69.0 Å². The summed E-state index contributed by atoms with van der Waals surface area (Å²) in [5.74, 6) is 1.80. The molecular formula is C24H25NO5. The summed E-state index contributed by atoms with van der Waals surface area (Å²) in [6.45, 7) is 5.38. The van der Waals surface area contributed by atoms with Gasteiger partial charge in [0.25, 0.3) is 0 Å². The van der Waals surface area contributed by atoms with Crippen LogP contribution in [0.25, 0.3) is 11.0 Å². The Labute approximate surface area is 175 Å². The second-order valence-electron chi connectivity index (χ2n) is 7.32. The fourth-order valence-electron chi connectivity index (χ4n) is 3.75. The molecule has 1 amide bonds. The normalized spacial score (nSPS) is 13.8. The number of amides is 1. The number of nitrogens with zero attached hydrogens (tertiary/aromatic N) is 1. The van der Waals surface area contributed by atoms with Gasteiger partial charge in [-0.25, -0.2) is 0 Å². The van der Waals surface area contributed by atoms with E-state index in [9.17, 15) is 9.59 Å². The molecule has 0 saturated heterocycles. The van der Waals surface area contributed by atoms with E-state index in [1.165, 1.54) is 0 Å². The first-order chi connectivity index (χ1) is 14.6. The molecule has 0 bridgehead atoms. The first-order valence-electron chi connectivity index (χ1n) is 10.3. The molecule has 4 rings (SSSR count). The molecular weight excluding hydrogens is 382 g/mol. The molecule has 6 heteroatoms. The molecule has 30 heavy (non-hydrogen) atoms. The van der Waals surface area contributed by atoms with Crippen molar-refractivity contribution in [1.82, 2.24) is 4.90 Å². The molecule has 0 radical (unpaired) electrons. The van der Waals surface area contributed by atoms with E-state index < -0.39 is 0 Å². The lowest BCUT2D eigenvalue weighted by Gasteiger charge is -2.26. The monoisotopic (exact) mass is 407 g/mol. The number of fused-ring (bicyclic) bond motifs is 2. The van der Waals surface area contributed by atoms with Crippen LogP contribution in [0, 0.1) is 0 Å². The third-order valence-electron chi connectivity index (χ3n) is 5.41. The van der Waals surface area contributed by atoms with Crippen LogP contribution in [-0.2, 0) is 4.79 Å². The summed E-state index contributed by atoms with van der Waals surface area (Å²) >= 11 is 0. The van der Waals surface area contributed by atoms with Crippen molar-refractivity contribution in [3.05, 3.63) is 59.9 Å². The second-order valence-corrected chi connectivity index (χ2v) is 7.32. The van der Waals surface area contributed by atoms with E-state index in [-0.39, 0.29) is 30.6 Å². The summed E-state index contributed by atoms with van der Waals surface area (Å²) in [6.07, 6.45) is 0.285. The van der Waals surface area contributed by atoms with Gasteiger partial charge in [0.05, 0.1) is 6.04 Å². The van der Waals surface area contributed by atoms with E-state index in [1.54, 1.807) is 23.1 Å². The maximum atomic E-state index is 12.9. The van der Waals surface area contributed by atoms with Gasteiger partial charge in [0.15, 0.2) is 17.3 Å². The summed E-state index contributed by atoms with van der Waals surface area (Å²) in [5.41, 5.74) is 1.33. The molecule has 1 unspecified atom stereocenters. The van der Waals surface area contributed by atoms with Crippen LogP contribution in [0.1, 0.15) is 48.8 Å². The van der Waals surface area contributed by atoms with Crippen molar-refractivity contribution >= 4 is 22.7 Å². The molecule has 3 aromatic rings. The number of rotatable bonds is 7. The van der Waals surface area contributed by atoms with Gasteiger partial charge in [-0.3, -0.25) is 9.59 Å². The number of benzene rings is 2. The summed E-state index contributed by atoms with van der Waals surface area (Å²) in [4.78, 5) is 27.2. The molecule has 0 aliphatic carbocycles. The number of ketones is 1. The molecule has 1 atom stereocenters. The van der Waals surface area contributed by atoms with Crippen LogP contribution in [0.4, 0.5) is 0 Å². The van der Waals surface area contributed by atoms with Crippen LogP contribution in [0.2, 0.25) is 0 Å². The predicted octanol–water partition coefficient (Wildman–Crippen LogP) is 4.78. The number of ether oxygens (including phenoxy) is 2. The second kappa shape index (κ2) is 8.61. The van der Waals surface area contributed by atoms with E-state index >= 15 is 0 Å². The van der Waals surface area contributed by atoms with Gasteiger partial charge in [-0.15, -0.1) is 0 Å². The Hall–Kier alpha value is -3.28. The summed E-state index contributed by atoms with van der Waals surface area (Å²) in [6, 6.07) is 14.7. The minimum Gasteiger partial charge on any atom is -0.486 e. The summed E-state index contributed by atoms with van der Waals surface area (Å²) in [7, 11) is 0. The van der Waals surface area contributed by atoms with Crippen molar-refractivity contribution in [2.75, 3.05) is 19.8 Å². The van der Waals surface area contributed by atoms with Crippen molar-refractivity contribution in [3.8, 4) is 11.5 Å². The van der Waals surface area contributed by atoms with E-state index in [2.05, 4.69) is 0 Å². The third-order valence-corrected chi connectivity index (χ3v) is 5.41. The summed E-state index contributed by atoms with van der Waals surface area (Å²) < 4.78 is 16.9. The molecule has 2 heterocycles. The number of Topliss-reactive ketones (excluding diaryl/α,β-unsaturated/α-hetero) is 1. The average molecular weight is 407 g/mol. The first kappa shape index (κ1) is 20.0. The van der Waals surface area contributed by atoms with Crippen LogP contribution >= 0.6 is 0 Å². The van der Waals surface area contributed by atoms with Gasteiger partial charge in [0.1, 0.15) is 24.6 Å². The highest BCUT2D eigenvalue weighted by atomic mass is 16.6. The molecule has 0 fully saturated rings. The number of hydrogen-bond acceptors (Lipinski definition) is 5. The van der Waals surface area contributed by atoms with Gasteiger partial charge in [0.2, 0.25) is 5.91 Å². The molecule has 2 aromatic carbocycles. The molecule has 1 aliphatic heterocycles. The molecule has 6 nitrogen and oxygen atoms in total. The Morgan fingerprint density at radius 2 is 1.77 bits per heavy atom. The zero-order valence-electron chi connectivity index (χ0n) is 17.2. The lowest BCUT2D eigenvalue weighted by molar-refractivity contribution is -0.133. The molecule has 0 spiro atoms. The van der Waals surface area contributed by atoms with Crippen molar-refractivity contribution in [2.24, 2.45) is 0 Å². The minimum atomic E-state index is -0.209. The van der Waals surface area contributed by atoms with Gasteiger partial charge in [-0.05, 0) is 44.2 Å². The van der Waals surface area contributed by atoms with E-state index in [0.717, 1.165) is 16.7 Å². The first-order valence-corrected chi connectivity index (χ1v) is 10.3. The van der Waals surface area contributed by atoms with Crippen molar-refractivity contribution < 1.29 is 23.5 Å². The van der Waals surface area contributed by atoms with Crippen LogP contribution in [-0.4, -0.2) is 36.3 Å². The SMILES string of the molecule is CCN(C(=O)CCC(=O)c1ccc2c(c1)OCCO2)C(C)c1cc2ccccc2o1. The lowest BCUT2D eigenvalue weighted by Crippen LogP contribution is -2.33. The van der Waals surface area contributed by atoms with Crippen molar-refractivity contribution in [3.63, 3.8) is 0 Å². The number of para-hydroxylation sites is 1. The Kier molecular flexibility index (Phi) is 5.74. The fourth-order valence-corrected chi connectivity index (χ4v) is 3.75. The maximum absolute atomic E-state index is 12.9. The van der Waals surface area contributed by atoms with Gasteiger partial charge in [-0.1, -0.05) is 18.2 Å². The zero-order valence-corrected chi connectivity index (χ0v) is 17.2. The van der Waals surface area contributed by atoms with Gasteiger partial charge >= 0.3 is 0 Å². The highest BCUT2D eigenvalue weighted by Gasteiger charge is 2.24. The highest BCUT2D eigenvalue weighted by molar-refractivity contribution is 5.98. The quantitative estimate of drug-likeness (QED) is 0.528. The van der Waals surface area contributed by atoms with Crippen LogP contribution in [0.3, 0.4) is 0 Å². The Bertz CT molecular complexity index is 1040. The van der Waals surface area contributed by atoms with Gasteiger partial charge < -0.3 is 18.8 Å². The number of carbonyl (C=O) groups excluding carboxylic acids is 2. The molecule has 156 valence electrons. The molecule has 1 aliphatic rings. The minimum absolute atomic E-state index is 0.0728. The van der Waals surface area contributed by atoms with E-state index in [0.29, 0.717) is 36.8 Å². The van der Waals surface area contributed by atoms with E-state index in [4.69, 9.17) is 13.9 Å². The fraction of sp³-hybridized carbons (Fsp3) is 0.333. The summed E-state index contributed by atoms with van der Waals surface area (Å²) in [5, 5.41) is 1.01. The Balaban J connectivity index is 1.40. The molecule has 0 N–H and O–H groups in total. The Morgan fingerprint density at radius 1 is 1.00 bits per heavy atom. The lowest BCUT2D eigenvalue weighted by atomic mass is 10.0. The Morgan fingerprint density at radius 3 is 2.53 bits per heavy atom. The van der Waals surface area contributed by atoms with Crippen molar-refractivity contribution in [2.45, 2.75) is 32.7 Å². The third kappa shape index (κ3) is 4.03. The highest BCUT2D eigenvalue weighted by Crippen LogP contribution is 2.31. The van der Waals surface area contributed by atoms with Gasteiger partial charge in [-0.2, -0.15) is 0 Å². The van der Waals surface area contributed by atoms with E-state index in [1.807, 2.05) is 44.2 Å². The van der Waals surface area contributed by atoms with Crippen LogP contribution in [0.5, 0.6) is 11.5 Å². The predicted molar refractivity (Wildman–Crippen MR) is 113 cm³/mol. The number of hydrogen-bond donors (Lipinski definition) is 0. The largest absolute Gasteiger partial charge is 0.486 e. The molecule has 1 aromatic heterocycles. The van der Waals surface area contributed by atoms with Crippen molar-refractivity contribution in [1.29, 1.82) is 0 Å². The average Bonchev–Trinajstić information content (AvgIpc) is 3.22. The van der Waals surface area contributed by atoms with Gasteiger partial charge in [0, 0.05) is 30.3 Å². The van der Waals surface area contributed by atoms with Crippen LogP contribution in [0.15, 0.2) is 52.9 Å².